The van der Waals surface area contributed by atoms with Gasteiger partial charge >= 0.3 is 0 Å². The number of aromatic nitrogens is 3. The van der Waals surface area contributed by atoms with Gasteiger partial charge in [0.2, 0.25) is 6.23 Å². The van der Waals surface area contributed by atoms with Gasteiger partial charge in [-0.25, -0.2) is 9.67 Å². The molecule has 2 atom stereocenters. The van der Waals surface area contributed by atoms with Crippen LogP contribution in [0.3, 0.4) is 0 Å². The number of aliphatic hydroxyl groups is 1. The highest BCUT2D eigenvalue weighted by Crippen LogP contribution is 2.33. The second kappa shape index (κ2) is 8.94. The fourth-order valence-corrected chi connectivity index (χ4v) is 2.90. The molecule has 0 fully saturated rings. The molecule has 1 heterocycles. The SMILES string of the molecule is CC(C)(CBr)C(O)C(Oc1ccc(Oc2ccc(Cl)cc2)cc1)n1cncn1. The van der Waals surface area contributed by atoms with Crippen molar-refractivity contribution < 1.29 is 14.6 Å². The van der Waals surface area contributed by atoms with Crippen LogP contribution >= 0.6 is 27.5 Å². The van der Waals surface area contributed by atoms with Gasteiger partial charge in [-0.05, 0) is 48.5 Å². The predicted molar refractivity (Wildman–Crippen MR) is 111 cm³/mol. The Hall–Kier alpha value is -2.09. The van der Waals surface area contributed by atoms with Crippen LogP contribution in [-0.2, 0) is 0 Å². The fraction of sp³-hybridized carbons (Fsp3) is 0.300. The number of aliphatic hydroxyl groups excluding tert-OH is 1. The molecule has 6 nitrogen and oxygen atoms in total. The molecule has 2 aromatic carbocycles. The molecule has 28 heavy (non-hydrogen) atoms. The molecule has 2 unspecified atom stereocenters. The fourth-order valence-electron chi connectivity index (χ4n) is 2.44. The van der Waals surface area contributed by atoms with Crippen LogP contribution in [0.4, 0.5) is 0 Å². The van der Waals surface area contributed by atoms with E-state index in [0.29, 0.717) is 27.6 Å². The molecular formula is C20H21BrClN3O3. The first-order valence-corrected chi connectivity index (χ1v) is 10.2. The molecule has 0 bridgehead atoms. The average molecular weight is 467 g/mol. The molecule has 3 rings (SSSR count). The number of hydrogen-bond donors (Lipinski definition) is 1. The zero-order valence-corrected chi connectivity index (χ0v) is 17.8. The number of hydrogen-bond acceptors (Lipinski definition) is 5. The molecule has 148 valence electrons. The Morgan fingerprint density at radius 1 is 1.07 bits per heavy atom. The van der Waals surface area contributed by atoms with Crippen molar-refractivity contribution in [2.45, 2.75) is 26.2 Å². The number of benzene rings is 2. The summed E-state index contributed by atoms with van der Waals surface area (Å²) in [6.07, 6.45) is 1.39. The van der Waals surface area contributed by atoms with E-state index in [-0.39, 0.29) is 0 Å². The summed E-state index contributed by atoms with van der Waals surface area (Å²) in [5.74, 6) is 1.93. The summed E-state index contributed by atoms with van der Waals surface area (Å²) in [5.41, 5.74) is -0.436. The van der Waals surface area contributed by atoms with Crippen molar-refractivity contribution >= 4 is 27.5 Å². The lowest BCUT2D eigenvalue weighted by Gasteiger charge is -2.34. The van der Waals surface area contributed by atoms with Crippen LogP contribution in [0.15, 0.2) is 61.2 Å². The summed E-state index contributed by atoms with van der Waals surface area (Å²) in [6, 6.07) is 14.3. The van der Waals surface area contributed by atoms with Gasteiger partial charge in [-0.15, -0.1) is 0 Å². The third-order valence-corrected chi connectivity index (χ3v) is 5.94. The smallest absolute Gasteiger partial charge is 0.219 e. The molecule has 0 aliphatic rings. The molecule has 0 spiro atoms. The van der Waals surface area contributed by atoms with E-state index in [9.17, 15) is 5.11 Å². The van der Waals surface area contributed by atoms with E-state index >= 15 is 0 Å². The van der Waals surface area contributed by atoms with Crippen LogP contribution in [0.5, 0.6) is 17.2 Å². The van der Waals surface area contributed by atoms with Crippen LogP contribution in [0.1, 0.15) is 20.1 Å². The highest BCUT2D eigenvalue weighted by atomic mass is 79.9. The van der Waals surface area contributed by atoms with Gasteiger partial charge in [0.15, 0.2) is 0 Å². The predicted octanol–water partition coefficient (Wildman–Crippen LogP) is 5.08. The largest absolute Gasteiger partial charge is 0.466 e. The Bertz CT molecular complexity index is 871. The maximum atomic E-state index is 10.9. The molecular weight excluding hydrogens is 446 g/mol. The summed E-state index contributed by atoms with van der Waals surface area (Å²) in [5, 5.41) is 16.2. The summed E-state index contributed by atoms with van der Waals surface area (Å²) in [4.78, 5) is 3.96. The number of nitrogens with zero attached hydrogens (tertiary/aromatic N) is 3. The Morgan fingerprint density at radius 2 is 1.64 bits per heavy atom. The standard InChI is InChI=1S/C20H21BrClN3O3/c1-20(2,11-21)18(26)19(25-13-23-12-24-25)28-17-9-7-16(8-10-17)27-15-5-3-14(22)4-6-15/h3-10,12-13,18-19,26H,11H2,1-2H3. The molecule has 1 N–H and O–H groups in total. The van der Waals surface area contributed by atoms with Crippen molar-refractivity contribution in [1.82, 2.24) is 14.8 Å². The summed E-state index contributed by atoms with van der Waals surface area (Å²) >= 11 is 9.34. The first-order chi connectivity index (χ1) is 13.4. The van der Waals surface area contributed by atoms with E-state index in [4.69, 9.17) is 21.1 Å². The Morgan fingerprint density at radius 3 is 2.18 bits per heavy atom. The minimum atomic E-state index is -0.821. The Balaban J connectivity index is 1.75. The van der Waals surface area contributed by atoms with Crippen molar-refractivity contribution in [3.8, 4) is 17.2 Å². The maximum absolute atomic E-state index is 10.9. The maximum Gasteiger partial charge on any atom is 0.219 e. The van der Waals surface area contributed by atoms with Crippen molar-refractivity contribution in [3.05, 3.63) is 66.2 Å². The molecule has 0 saturated heterocycles. The van der Waals surface area contributed by atoms with E-state index in [1.54, 1.807) is 48.5 Å². The second-order valence-corrected chi connectivity index (χ2v) is 7.98. The zero-order valence-electron chi connectivity index (χ0n) is 15.5. The number of halogens is 2. The van der Waals surface area contributed by atoms with E-state index < -0.39 is 17.7 Å². The highest BCUT2D eigenvalue weighted by Gasteiger charge is 2.36. The first-order valence-electron chi connectivity index (χ1n) is 8.67. The van der Waals surface area contributed by atoms with Gasteiger partial charge in [-0.3, -0.25) is 0 Å². The monoisotopic (exact) mass is 465 g/mol. The minimum absolute atomic E-state index is 0.436. The van der Waals surface area contributed by atoms with Gasteiger partial charge in [-0.1, -0.05) is 41.4 Å². The molecule has 1 aromatic heterocycles. The van der Waals surface area contributed by atoms with Gasteiger partial charge in [0, 0.05) is 15.8 Å². The first kappa shape index (κ1) is 20.6. The van der Waals surface area contributed by atoms with Crippen LogP contribution < -0.4 is 9.47 Å². The molecule has 0 aliphatic heterocycles. The van der Waals surface area contributed by atoms with E-state index in [1.807, 2.05) is 13.8 Å². The zero-order chi connectivity index (χ0) is 20.1. The lowest BCUT2D eigenvalue weighted by Crippen LogP contribution is -2.41. The van der Waals surface area contributed by atoms with Crippen molar-refractivity contribution in [2.24, 2.45) is 5.41 Å². The second-order valence-electron chi connectivity index (χ2n) is 6.98. The Labute approximate surface area is 177 Å². The van der Waals surface area contributed by atoms with Crippen LogP contribution in [0, 0.1) is 5.41 Å². The van der Waals surface area contributed by atoms with E-state index in [2.05, 4.69) is 26.0 Å². The summed E-state index contributed by atoms with van der Waals surface area (Å²) in [7, 11) is 0. The van der Waals surface area contributed by atoms with Gasteiger partial charge in [0.1, 0.15) is 36.0 Å². The normalized spacial score (nSPS) is 13.8. The highest BCUT2D eigenvalue weighted by molar-refractivity contribution is 9.09. The third kappa shape index (κ3) is 5.04. The lowest BCUT2D eigenvalue weighted by molar-refractivity contribution is -0.0710. The molecule has 8 heteroatoms. The Kier molecular flexibility index (Phi) is 6.59. The van der Waals surface area contributed by atoms with E-state index in [0.717, 1.165) is 0 Å². The summed E-state index contributed by atoms with van der Waals surface area (Å²) in [6.45, 7) is 3.89. The van der Waals surface area contributed by atoms with Crippen molar-refractivity contribution in [2.75, 3.05) is 5.33 Å². The average Bonchev–Trinajstić information content (AvgIpc) is 3.23. The van der Waals surface area contributed by atoms with Gasteiger partial charge < -0.3 is 14.6 Å². The third-order valence-electron chi connectivity index (χ3n) is 4.24. The lowest BCUT2D eigenvalue weighted by atomic mass is 9.88. The van der Waals surface area contributed by atoms with Crippen LogP contribution in [0.2, 0.25) is 5.02 Å². The molecule has 0 amide bonds. The number of ether oxygens (including phenoxy) is 2. The topological polar surface area (TPSA) is 69.4 Å². The van der Waals surface area contributed by atoms with Crippen LogP contribution in [0.25, 0.3) is 0 Å². The van der Waals surface area contributed by atoms with E-state index in [1.165, 1.54) is 17.3 Å². The molecule has 0 aliphatic carbocycles. The number of rotatable bonds is 8. The van der Waals surface area contributed by atoms with Crippen LogP contribution in [-0.4, -0.2) is 31.3 Å². The molecule has 0 radical (unpaired) electrons. The quantitative estimate of drug-likeness (QED) is 0.469. The van der Waals surface area contributed by atoms with Gasteiger partial charge in [0.05, 0.1) is 0 Å². The number of alkyl halides is 1. The van der Waals surface area contributed by atoms with Crippen molar-refractivity contribution in [1.29, 1.82) is 0 Å². The summed E-state index contributed by atoms with van der Waals surface area (Å²) < 4.78 is 13.3. The van der Waals surface area contributed by atoms with Crippen molar-refractivity contribution in [3.63, 3.8) is 0 Å². The molecule has 0 saturated carbocycles. The van der Waals surface area contributed by atoms with Gasteiger partial charge in [-0.2, -0.15) is 5.10 Å². The van der Waals surface area contributed by atoms with Gasteiger partial charge in [0.25, 0.3) is 0 Å². The molecule has 3 aromatic rings. The minimum Gasteiger partial charge on any atom is -0.466 e.